The molecule has 0 aliphatic carbocycles. The van der Waals surface area contributed by atoms with Gasteiger partial charge >= 0.3 is 0 Å². The van der Waals surface area contributed by atoms with Gasteiger partial charge in [-0.15, -0.1) is 0 Å². The van der Waals surface area contributed by atoms with Crippen LogP contribution in [0.15, 0.2) is 48.7 Å². The highest BCUT2D eigenvalue weighted by Gasteiger charge is 2.22. The molecule has 0 unspecified atom stereocenters. The monoisotopic (exact) mass is 414 g/mol. The predicted molar refractivity (Wildman–Crippen MR) is 123 cm³/mol. The molecule has 1 aromatic carbocycles. The van der Waals surface area contributed by atoms with Crippen molar-refractivity contribution in [3.05, 3.63) is 65.7 Å². The summed E-state index contributed by atoms with van der Waals surface area (Å²) < 4.78 is 1.86. The van der Waals surface area contributed by atoms with Crippen LogP contribution < -0.4 is 10.6 Å². The second-order valence-electron chi connectivity index (χ2n) is 7.37. The van der Waals surface area contributed by atoms with Crippen molar-refractivity contribution in [3.8, 4) is 22.4 Å². The minimum absolute atomic E-state index is 0.206. The molecule has 31 heavy (non-hydrogen) atoms. The number of carbonyl (C=O) groups is 1. The van der Waals surface area contributed by atoms with Gasteiger partial charge < -0.3 is 10.6 Å². The van der Waals surface area contributed by atoms with Gasteiger partial charge in [-0.25, -0.2) is 9.97 Å². The molecule has 3 heterocycles. The number of rotatable bonds is 6. The van der Waals surface area contributed by atoms with Crippen LogP contribution in [0.1, 0.15) is 35.7 Å². The van der Waals surface area contributed by atoms with Gasteiger partial charge in [0.1, 0.15) is 5.69 Å². The number of nitrogens with one attached hydrogen (secondary N) is 2. The number of benzene rings is 1. The summed E-state index contributed by atoms with van der Waals surface area (Å²) in [4.78, 5) is 26.8. The van der Waals surface area contributed by atoms with Crippen molar-refractivity contribution in [2.24, 2.45) is 0 Å². The van der Waals surface area contributed by atoms with E-state index < -0.39 is 0 Å². The van der Waals surface area contributed by atoms with E-state index >= 15 is 0 Å². The fraction of sp³-hybridized carbons (Fsp3) is 0.250. The molecular formula is C24H26N6O. The zero-order chi connectivity index (χ0) is 22.0. The number of hydrogen-bond donors (Lipinski definition) is 2. The predicted octanol–water partition coefficient (Wildman–Crippen LogP) is 4.26. The molecular weight excluding hydrogens is 388 g/mol. The number of aromatic nitrogens is 4. The molecule has 3 aromatic heterocycles. The van der Waals surface area contributed by atoms with Crippen LogP contribution in [0, 0.1) is 13.8 Å². The Labute approximate surface area is 181 Å². The maximum Gasteiger partial charge on any atom is 0.271 e. The Morgan fingerprint density at radius 1 is 0.935 bits per heavy atom. The zero-order valence-electron chi connectivity index (χ0n) is 18.2. The fourth-order valence-corrected chi connectivity index (χ4v) is 3.73. The van der Waals surface area contributed by atoms with E-state index in [1.54, 1.807) is 6.20 Å². The smallest absolute Gasteiger partial charge is 0.271 e. The zero-order valence-corrected chi connectivity index (χ0v) is 18.2. The third kappa shape index (κ3) is 3.99. The number of fused-ring (bicyclic) bond motifs is 1. The third-order valence-corrected chi connectivity index (χ3v) is 4.93. The van der Waals surface area contributed by atoms with Gasteiger partial charge in [0.05, 0.1) is 11.3 Å². The van der Waals surface area contributed by atoms with Gasteiger partial charge in [-0.05, 0) is 45.4 Å². The van der Waals surface area contributed by atoms with E-state index in [4.69, 9.17) is 9.97 Å². The lowest BCUT2D eigenvalue weighted by Crippen LogP contribution is -2.22. The van der Waals surface area contributed by atoms with Gasteiger partial charge in [0.15, 0.2) is 5.65 Å². The summed E-state index contributed by atoms with van der Waals surface area (Å²) in [5.74, 6) is 0.439. The molecule has 0 aliphatic heterocycles. The molecule has 4 rings (SSSR count). The standard InChI is InChI=1S/C24H26N6O/c1-5-25-23(31)19-14-30-22(28-19)20(18-12-15(3)27-16(4)13-18)21(29-24(30)26-6-2)17-10-8-7-9-11-17/h7-14H,5-6H2,1-4H3,(H,25,31)(H,26,29). The summed E-state index contributed by atoms with van der Waals surface area (Å²) >= 11 is 0. The normalized spacial score (nSPS) is 11.0. The Morgan fingerprint density at radius 3 is 2.29 bits per heavy atom. The van der Waals surface area contributed by atoms with Crippen LogP contribution in [0.5, 0.6) is 0 Å². The minimum atomic E-state index is -0.206. The molecule has 0 spiro atoms. The number of hydrogen-bond acceptors (Lipinski definition) is 5. The van der Waals surface area contributed by atoms with Crippen LogP contribution in [0.2, 0.25) is 0 Å². The Kier molecular flexibility index (Phi) is 5.66. The molecule has 1 amide bonds. The number of aryl methyl sites for hydroxylation is 2. The lowest BCUT2D eigenvalue weighted by Gasteiger charge is -2.15. The average Bonchev–Trinajstić information content (AvgIpc) is 3.19. The lowest BCUT2D eigenvalue weighted by atomic mass is 9.99. The molecule has 7 nitrogen and oxygen atoms in total. The Morgan fingerprint density at radius 2 is 1.65 bits per heavy atom. The van der Waals surface area contributed by atoms with Crippen LogP contribution in [0.25, 0.3) is 28.0 Å². The van der Waals surface area contributed by atoms with Crippen LogP contribution >= 0.6 is 0 Å². The van der Waals surface area contributed by atoms with E-state index in [0.717, 1.165) is 33.8 Å². The largest absolute Gasteiger partial charge is 0.356 e. The Hall–Kier alpha value is -3.74. The second-order valence-corrected chi connectivity index (χ2v) is 7.37. The molecule has 0 saturated carbocycles. The van der Waals surface area contributed by atoms with Crippen molar-refractivity contribution in [2.75, 3.05) is 18.4 Å². The van der Waals surface area contributed by atoms with Crippen LogP contribution in [-0.4, -0.2) is 38.3 Å². The van der Waals surface area contributed by atoms with E-state index in [1.807, 2.05) is 74.6 Å². The first kappa shape index (κ1) is 20.5. The molecule has 0 fully saturated rings. The van der Waals surface area contributed by atoms with Gasteiger partial charge in [-0.2, -0.15) is 0 Å². The van der Waals surface area contributed by atoms with Gasteiger partial charge in [0, 0.05) is 36.2 Å². The van der Waals surface area contributed by atoms with E-state index in [2.05, 4.69) is 15.6 Å². The molecule has 158 valence electrons. The van der Waals surface area contributed by atoms with Crippen LogP contribution in [0.4, 0.5) is 5.95 Å². The summed E-state index contributed by atoms with van der Waals surface area (Å²) in [5.41, 5.74) is 6.50. The molecule has 0 atom stereocenters. The highest BCUT2D eigenvalue weighted by molar-refractivity contribution is 5.96. The summed E-state index contributed by atoms with van der Waals surface area (Å²) in [6, 6.07) is 14.1. The molecule has 2 N–H and O–H groups in total. The van der Waals surface area contributed by atoms with Crippen LogP contribution in [0.3, 0.4) is 0 Å². The quantitative estimate of drug-likeness (QED) is 0.493. The van der Waals surface area contributed by atoms with Crippen molar-refractivity contribution in [1.82, 2.24) is 24.7 Å². The molecule has 0 aliphatic rings. The first-order chi connectivity index (χ1) is 15.0. The minimum Gasteiger partial charge on any atom is -0.356 e. The van der Waals surface area contributed by atoms with Crippen molar-refractivity contribution >= 4 is 17.5 Å². The third-order valence-electron chi connectivity index (χ3n) is 4.93. The second kappa shape index (κ2) is 8.55. The fourth-order valence-electron chi connectivity index (χ4n) is 3.73. The summed E-state index contributed by atoms with van der Waals surface area (Å²) in [5, 5.41) is 6.15. The van der Waals surface area contributed by atoms with Crippen molar-refractivity contribution in [1.29, 1.82) is 0 Å². The number of carbonyl (C=O) groups excluding carboxylic acids is 1. The molecule has 7 heteroatoms. The van der Waals surface area contributed by atoms with E-state index in [9.17, 15) is 4.79 Å². The topological polar surface area (TPSA) is 84.2 Å². The van der Waals surface area contributed by atoms with Gasteiger partial charge in [-0.1, -0.05) is 30.3 Å². The SMILES string of the molecule is CCNC(=O)c1cn2c(NCC)nc(-c3ccccc3)c(-c3cc(C)nc(C)c3)c2n1. The number of nitrogens with zero attached hydrogens (tertiary/aromatic N) is 4. The summed E-state index contributed by atoms with van der Waals surface area (Å²) in [7, 11) is 0. The first-order valence-electron chi connectivity index (χ1n) is 10.5. The average molecular weight is 415 g/mol. The van der Waals surface area contributed by atoms with Crippen molar-refractivity contribution in [3.63, 3.8) is 0 Å². The lowest BCUT2D eigenvalue weighted by molar-refractivity contribution is 0.0951. The Balaban J connectivity index is 2.10. The first-order valence-corrected chi connectivity index (χ1v) is 10.5. The van der Waals surface area contributed by atoms with E-state index in [1.165, 1.54) is 0 Å². The van der Waals surface area contributed by atoms with Gasteiger partial charge in [-0.3, -0.25) is 14.2 Å². The number of pyridine rings is 1. The highest BCUT2D eigenvalue weighted by Crippen LogP contribution is 2.36. The maximum absolute atomic E-state index is 12.6. The Bertz CT molecular complexity index is 1230. The highest BCUT2D eigenvalue weighted by atomic mass is 16.1. The molecule has 0 bridgehead atoms. The van der Waals surface area contributed by atoms with E-state index in [-0.39, 0.29) is 5.91 Å². The van der Waals surface area contributed by atoms with Gasteiger partial charge in [0.2, 0.25) is 5.95 Å². The van der Waals surface area contributed by atoms with Crippen molar-refractivity contribution in [2.45, 2.75) is 27.7 Å². The maximum atomic E-state index is 12.6. The van der Waals surface area contributed by atoms with E-state index in [0.29, 0.717) is 30.4 Å². The van der Waals surface area contributed by atoms with Crippen LogP contribution in [-0.2, 0) is 0 Å². The number of amides is 1. The molecule has 4 aromatic rings. The summed E-state index contributed by atoms with van der Waals surface area (Å²) in [6.07, 6.45) is 1.74. The number of anilines is 1. The summed E-state index contributed by atoms with van der Waals surface area (Å²) in [6.45, 7) is 9.08. The number of imidazole rings is 1. The van der Waals surface area contributed by atoms with Crippen molar-refractivity contribution < 1.29 is 4.79 Å². The molecule has 0 saturated heterocycles. The van der Waals surface area contributed by atoms with Gasteiger partial charge in [0.25, 0.3) is 5.91 Å². The molecule has 0 radical (unpaired) electrons.